The van der Waals surface area contributed by atoms with Crippen molar-refractivity contribution in [3.05, 3.63) is 53.0 Å². The third kappa shape index (κ3) is 3.09. The molecule has 0 saturated carbocycles. The summed E-state index contributed by atoms with van der Waals surface area (Å²) in [7, 11) is 0. The fourth-order valence-electron chi connectivity index (χ4n) is 4.02. The zero-order chi connectivity index (χ0) is 19.8. The number of aryl methyl sites for hydroxylation is 1. The Morgan fingerprint density at radius 3 is 2.64 bits per heavy atom. The summed E-state index contributed by atoms with van der Waals surface area (Å²) in [5.41, 5.74) is 7.89. The van der Waals surface area contributed by atoms with E-state index in [9.17, 15) is 0 Å². The predicted octanol–water partition coefficient (Wildman–Crippen LogP) is 5.77. The average Bonchev–Trinajstić information content (AvgIpc) is 3.33. The Hall–Kier alpha value is -2.37. The van der Waals surface area contributed by atoms with Crippen LogP contribution in [0, 0.1) is 6.92 Å². The molecule has 3 aromatic rings. The molecule has 0 radical (unpaired) electrons. The predicted molar refractivity (Wildman–Crippen MR) is 121 cm³/mol. The van der Waals surface area contributed by atoms with E-state index in [0.717, 1.165) is 48.8 Å². The van der Waals surface area contributed by atoms with Crippen LogP contribution in [-0.2, 0) is 6.54 Å². The summed E-state index contributed by atoms with van der Waals surface area (Å²) in [4.78, 5) is 7.46. The first-order valence-corrected chi connectivity index (χ1v) is 10.9. The minimum Gasteiger partial charge on any atom is -0.341 e. The minimum atomic E-state index is 0.891. The van der Waals surface area contributed by atoms with E-state index >= 15 is 0 Å². The molecule has 2 aromatic heterocycles. The van der Waals surface area contributed by atoms with Crippen LogP contribution in [0.1, 0.15) is 36.9 Å². The summed E-state index contributed by atoms with van der Waals surface area (Å²) < 4.78 is 0. The van der Waals surface area contributed by atoms with E-state index in [4.69, 9.17) is 0 Å². The number of hydrogen-bond acceptors (Lipinski definition) is 4. The number of aromatic amines is 1. The number of benzene rings is 1. The molecule has 1 N–H and O–H groups in total. The third-order valence-corrected chi connectivity index (χ3v) is 6.76. The van der Waals surface area contributed by atoms with Gasteiger partial charge >= 0.3 is 0 Å². The summed E-state index contributed by atoms with van der Waals surface area (Å²) in [6.45, 7) is 17.1. The Kier molecular flexibility index (Phi) is 5.13. The van der Waals surface area contributed by atoms with Crippen molar-refractivity contribution in [3.8, 4) is 21.7 Å². The largest absolute Gasteiger partial charge is 0.341 e. The fraction of sp³-hybridized carbons (Fsp3) is 0.348. The van der Waals surface area contributed by atoms with Gasteiger partial charge in [0.25, 0.3) is 0 Å². The van der Waals surface area contributed by atoms with Gasteiger partial charge in [0.05, 0.1) is 5.69 Å². The lowest BCUT2D eigenvalue weighted by Gasteiger charge is -2.32. The molecule has 1 aliphatic heterocycles. The maximum atomic E-state index is 4.60. The SMILES string of the molecule is C=C1c2c(n[nH]c2C)-c2cc(-c3ccc(CN(CC)CC)s3)ccc2N1CC. The highest BCUT2D eigenvalue weighted by Gasteiger charge is 2.28. The Balaban J connectivity index is 1.74. The van der Waals surface area contributed by atoms with Crippen molar-refractivity contribution in [2.45, 2.75) is 34.2 Å². The molecule has 1 aliphatic rings. The van der Waals surface area contributed by atoms with Gasteiger partial charge in [0.1, 0.15) is 5.69 Å². The smallest absolute Gasteiger partial charge is 0.104 e. The summed E-state index contributed by atoms with van der Waals surface area (Å²) >= 11 is 1.89. The summed E-state index contributed by atoms with van der Waals surface area (Å²) in [6, 6.07) is 11.3. The lowest BCUT2D eigenvalue weighted by Crippen LogP contribution is -2.24. The standard InChI is InChI=1S/C23H28N4S/c1-6-26(7-2)14-18-10-12-21(28-18)17-9-11-20-19(13-17)23-22(15(4)24-25-23)16(5)27(20)8-3/h9-13H,5-8,14H2,1-4H3,(H,24,25). The van der Waals surface area contributed by atoms with Crippen molar-refractivity contribution in [1.82, 2.24) is 15.1 Å². The Bertz CT molecular complexity index is 1010. The maximum Gasteiger partial charge on any atom is 0.104 e. The van der Waals surface area contributed by atoms with Crippen LogP contribution >= 0.6 is 11.3 Å². The number of nitrogens with zero attached hydrogens (tertiary/aromatic N) is 3. The van der Waals surface area contributed by atoms with Crippen molar-refractivity contribution in [2.24, 2.45) is 0 Å². The van der Waals surface area contributed by atoms with Gasteiger partial charge in [-0.2, -0.15) is 5.10 Å². The van der Waals surface area contributed by atoms with Crippen LogP contribution in [0.4, 0.5) is 5.69 Å². The molecule has 28 heavy (non-hydrogen) atoms. The van der Waals surface area contributed by atoms with E-state index in [0.29, 0.717) is 0 Å². The van der Waals surface area contributed by atoms with E-state index in [-0.39, 0.29) is 0 Å². The van der Waals surface area contributed by atoms with Crippen LogP contribution < -0.4 is 4.90 Å². The molecule has 0 unspecified atom stereocenters. The molecule has 0 amide bonds. The Labute approximate surface area is 171 Å². The van der Waals surface area contributed by atoms with Crippen molar-refractivity contribution >= 4 is 22.7 Å². The second kappa shape index (κ2) is 7.57. The molecule has 1 aromatic carbocycles. The molecule has 0 aliphatic carbocycles. The highest BCUT2D eigenvalue weighted by Crippen LogP contribution is 2.45. The number of hydrogen-bond donors (Lipinski definition) is 1. The number of rotatable bonds is 6. The zero-order valence-electron chi connectivity index (χ0n) is 17.2. The lowest BCUT2D eigenvalue weighted by atomic mass is 9.94. The van der Waals surface area contributed by atoms with E-state index in [1.165, 1.54) is 26.6 Å². The van der Waals surface area contributed by atoms with Gasteiger partial charge in [0.15, 0.2) is 0 Å². The second-order valence-corrected chi connectivity index (χ2v) is 8.39. The zero-order valence-corrected chi connectivity index (χ0v) is 18.0. The van der Waals surface area contributed by atoms with Crippen LogP contribution in [0.5, 0.6) is 0 Å². The van der Waals surface area contributed by atoms with Crippen LogP contribution in [0.25, 0.3) is 27.4 Å². The van der Waals surface area contributed by atoms with Crippen LogP contribution in [0.3, 0.4) is 0 Å². The highest BCUT2D eigenvalue weighted by molar-refractivity contribution is 7.15. The number of thiophene rings is 1. The monoisotopic (exact) mass is 392 g/mol. The van der Waals surface area contributed by atoms with E-state index in [1.54, 1.807) is 0 Å². The molecule has 3 heterocycles. The van der Waals surface area contributed by atoms with Crippen LogP contribution in [-0.4, -0.2) is 34.7 Å². The van der Waals surface area contributed by atoms with Crippen LogP contribution in [0.15, 0.2) is 36.9 Å². The molecule has 0 bridgehead atoms. The summed E-state index contributed by atoms with van der Waals surface area (Å²) in [6.07, 6.45) is 0. The highest BCUT2D eigenvalue weighted by atomic mass is 32.1. The summed E-state index contributed by atoms with van der Waals surface area (Å²) in [5.74, 6) is 0. The molecular weight excluding hydrogens is 364 g/mol. The topological polar surface area (TPSA) is 35.2 Å². The van der Waals surface area contributed by atoms with Crippen molar-refractivity contribution in [3.63, 3.8) is 0 Å². The second-order valence-electron chi connectivity index (χ2n) is 7.22. The molecule has 0 saturated heterocycles. The third-order valence-electron chi connectivity index (χ3n) is 5.64. The first-order valence-electron chi connectivity index (χ1n) is 10.0. The normalized spacial score (nSPS) is 13.2. The van der Waals surface area contributed by atoms with Gasteiger partial charge in [-0.15, -0.1) is 11.3 Å². The first-order chi connectivity index (χ1) is 13.6. The van der Waals surface area contributed by atoms with Crippen molar-refractivity contribution < 1.29 is 0 Å². The number of aromatic nitrogens is 2. The van der Waals surface area contributed by atoms with Gasteiger partial charge in [-0.25, -0.2) is 0 Å². The first kappa shape index (κ1) is 19.0. The molecule has 4 rings (SSSR count). The van der Waals surface area contributed by atoms with E-state index in [2.05, 4.69) is 84.6 Å². The van der Waals surface area contributed by atoms with Gasteiger partial charge in [-0.05, 0) is 56.8 Å². The van der Waals surface area contributed by atoms with Gasteiger partial charge in [-0.1, -0.05) is 26.5 Å². The minimum absolute atomic E-state index is 0.891. The number of H-pyrrole nitrogens is 1. The maximum absolute atomic E-state index is 4.60. The number of nitrogens with one attached hydrogen (secondary N) is 1. The van der Waals surface area contributed by atoms with E-state index < -0.39 is 0 Å². The van der Waals surface area contributed by atoms with Crippen molar-refractivity contribution in [1.29, 1.82) is 0 Å². The number of fused-ring (bicyclic) bond motifs is 3. The Morgan fingerprint density at radius 2 is 1.93 bits per heavy atom. The van der Waals surface area contributed by atoms with E-state index in [1.807, 2.05) is 11.3 Å². The molecular formula is C23H28N4S. The molecule has 146 valence electrons. The molecule has 5 heteroatoms. The summed E-state index contributed by atoms with van der Waals surface area (Å²) in [5, 5.41) is 7.75. The van der Waals surface area contributed by atoms with Gasteiger partial charge in [0, 0.05) is 45.4 Å². The number of anilines is 1. The van der Waals surface area contributed by atoms with Crippen LogP contribution in [0.2, 0.25) is 0 Å². The van der Waals surface area contributed by atoms with Gasteiger partial charge in [-0.3, -0.25) is 10.00 Å². The van der Waals surface area contributed by atoms with Gasteiger partial charge < -0.3 is 4.90 Å². The molecule has 0 fully saturated rings. The van der Waals surface area contributed by atoms with Gasteiger partial charge in [0.2, 0.25) is 0 Å². The van der Waals surface area contributed by atoms with Crippen molar-refractivity contribution in [2.75, 3.05) is 24.5 Å². The molecule has 0 atom stereocenters. The molecule has 0 spiro atoms. The fourth-order valence-corrected chi connectivity index (χ4v) is 5.07. The average molecular weight is 393 g/mol. The lowest BCUT2D eigenvalue weighted by molar-refractivity contribution is 0.298. The molecule has 4 nitrogen and oxygen atoms in total. The Morgan fingerprint density at radius 1 is 1.14 bits per heavy atom. The quantitative estimate of drug-likeness (QED) is 0.579.